The molecule has 0 radical (unpaired) electrons. The van der Waals surface area contributed by atoms with Crippen LogP contribution in [0.2, 0.25) is 0 Å². The lowest BCUT2D eigenvalue weighted by molar-refractivity contribution is 0.227. The first-order valence-corrected chi connectivity index (χ1v) is 8.07. The van der Waals surface area contributed by atoms with Crippen LogP contribution in [0.1, 0.15) is 18.6 Å². The fourth-order valence-corrected chi connectivity index (χ4v) is 2.48. The maximum Gasteiger partial charge on any atom is 0.175 e. The molecule has 2 aromatic carbocycles. The van der Waals surface area contributed by atoms with Crippen LogP contribution in [-0.4, -0.2) is 14.7 Å². The first-order chi connectivity index (χ1) is 9.36. The van der Waals surface area contributed by atoms with Gasteiger partial charge in [0.05, 0.1) is 4.90 Å². The summed E-state index contributed by atoms with van der Waals surface area (Å²) in [6.07, 6.45) is 1.01. The molecule has 0 aromatic heterocycles. The van der Waals surface area contributed by atoms with E-state index in [0.717, 1.165) is 5.56 Å². The van der Waals surface area contributed by atoms with Gasteiger partial charge in [-0.05, 0) is 48.9 Å². The first-order valence-electron chi connectivity index (χ1n) is 6.18. The quantitative estimate of drug-likeness (QED) is 0.879. The van der Waals surface area contributed by atoms with Gasteiger partial charge in [-0.15, -0.1) is 0 Å². The van der Waals surface area contributed by atoms with Crippen molar-refractivity contribution in [2.24, 2.45) is 0 Å². The van der Waals surface area contributed by atoms with Gasteiger partial charge in [0, 0.05) is 11.9 Å². The first kappa shape index (κ1) is 14.4. The summed E-state index contributed by atoms with van der Waals surface area (Å²) in [5.74, 6) is 0.618. The normalized spacial score (nSPS) is 12.9. The van der Waals surface area contributed by atoms with Crippen LogP contribution in [-0.2, 0) is 9.84 Å². The molecule has 0 amide bonds. The highest BCUT2D eigenvalue weighted by molar-refractivity contribution is 7.90. The molecule has 0 aliphatic carbocycles. The summed E-state index contributed by atoms with van der Waals surface area (Å²) in [7, 11) is -3.18. The van der Waals surface area contributed by atoms with Crippen LogP contribution >= 0.6 is 0 Å². The number of hydrogen-bond acceptors (Lipinski definition) is 4. The van der Waals surface area contributed by atoms with Crippen molar-refractivity contribution < 1.29 is 13.2 Å². The lowest BCUT2D eigenvalue weighted by atomic mass is 10.1. The molecule has 0 saturated carbocycles. The number of hydrogen-bond donors (Lipinski definition) is 1. The molecule has 0 bridgehead atoms. The topological polar surface area (TPSA) is 69.4 Å². The molecule has 2 rings (SSSR count). The molecule has 0 heterocycles. The zero-order valence-electron chi connectivity index (χ0n) is 11.4. The van der Waals surface area contributed by atoms with Crippen LogP contribution in [0.3, 0.4) is 0 Å². The Labute approximate surface area is 119 Å². The van der Waals surface area contributed by atoms with Crippen LogP contribution in [0.25, 0.3) is 0 Å². The van der Waals surface area contributed by atoms with Crippen molar-refractivity contribution in [1.29, 1.82) is 0 Å². The monoisotopic (exact) mass is 291 g/mol. The Hall–Kier alpha value is -2.01. The van der Waals surface area contributed by atoms with Crippen molar-refractivity contribution in [1.82, 2.24) is 0 Å². The Bertz CT molecular complexity index is 693. The highest BCUT2D eigenvalue weighted by Gasteiger charge is 2.10. The standard InChI is InChI=1S/C15H17NO3S/c1-11(12-4-3-5-13(16)10-12)19-14-6-8-15(9-7-14)20(2,17)18/h3-11H,16H2,1-2H3. The van der Waals surface area contributed by atoms with Gasteiger partial charge in [0.2, 0.25) is 0 Å². The van der Waals surface area contributed by atoms with E-state index >= 15 is 0 Å². The highest BCUT2D eigenvalue weighted by atomic mass is 32.2. The van der Waals surface area contributed by atoms with Crippen LogP contribution in [0.4, 0.5) is 5.69 Å². The Morgan fingerprint density at radius 3 is 2.30 bits per heavy atom. The summed E-state index contributed by atoms with van der Waals surface area (Å²) in [6.45, 7) is 1.92. The van der Waals surface area contributed by atoms with Crippen molar-refractivity contribution in [3.05, 3.63) is 54.1 Å². The van der Waals surface area contributed by atoms with Crippen molar-refractivity contribution >= 4 is 15.5 Å². The summed E-state index contributed by atoms with van der Waals surface area (Å²) in [6, 6.07) is 13.9. The van der Waals surface area contributed by atoms with E-state index in [4.69, 9.17) is 10.5 Å². The summed E-state index contributed by atoms with van der Waals surface area (Å²) >= 11 is 0. The van der Waals surface area contributed by atoms with Gasteiger partial charge in [-0.25, -0.2) is 8.42 Å². The van der Waals surface area contributed by atoms with Gasteiger partial charge in [-0.3, -0.25) is 0 Å². The van der Waals surface area contributed by atoms with Crippen LogP contribution in [0.5, 0.6) is 5.75 Å². The van der Waals surface area contributed by atoms with Crippen LogP contribution < -0.4 is 10.5 Å². The maximum absolute atomic E-state index is 11.4. The second-order valence-electron chi connectivity index (χ2n) is 4.67. The summed E-state index contributed by atoms with van der Waals surface area (Å²) in [4.78, 5) is 0.279. The fourth-order valence-electron chi connectivity index (χ4n) is 1.85. The van der Waals surface area contributed by atoms with Gasteiger partial charge in [-0.2, -0.15) is 0 Å². The van der Waals surface area contributed by atoms with Crippen molar-refractivity contribution in [2.45, 2.75) is 17.9 Å². The molecule has 4 nitrogen and oxygen atoms in total. The van der Waals surface area contributed by atoms with Crippen molar-refractivity contribution in [2.75, 3.05) is 12.0 Å². The van der Waals surface area contributed by atoms with E-state index in [1.165, 1.54) is 18.4 Å². The summed E-state index contributed by atoms with van der Waals surface area (Å²) < 4.78 is 28.5. The molecule has 1 atom stereocenters. The fraction of sp³-hybridized carbons (Fsp3) is 0.200. The molecule has 2 N–H and O–H groups in total. The number of anilines is 1. The second-order valence-corrected chi connectivity index (χ2v) is 6.69. The molecule has 0 spiro atoms. The lowest BCUT2D eigenvalue weighted by Gasteiger charge is -2.15. The van der Waals surface area contributed by atoms with Crippen molar-refractivity contribution in [3.8, 4) is 5.75 Å². The zero-order chi connectivity index (χ0) is 14.8. The summed E-state index contributed by atoms with van der Waals surface area (Å²) in [5.41, 5.74) is 7.39. The minimum Gasteiger partial charge on any atom is -0.486 e. The number of sulfone groups is 1. The van der Waals surface area contributed by atoms with Gasteiger partial charge in [0.15, 0.2) is 9.84 Å². The van der Waals surface area contributed by atoms with Gasteiger partial charge < -0.3 is 10.5 Å². The third-order valence-corrected chi connectivity index (χ3v) is 4.07. The Balaban J connectivity index is 2.14. The predicted molar refractivity (Wildman–Crippen MR) is 79.4 cm³/mol. The zero-order valence-corrected chi connectivity index (χ0v) is 12.2. The minimum atomic E-state index is -3.18. The SMILES string of the molecule is CC(Oc1ccc(S(C)(=O)=O)cc1)c1cccc(N)c1. The van der Waals surface area contributed by atoms with E-state index in [9.17, 15) is 8.42 Å². The van der Waals surface area contributed by atoms with Crippen LogP contribution in [0.15, 0.2) is 53.4 Å². The molecule has 106 valence electrons. The molecule has 1 unspecified atom stereocenters. The third kappa shape index (κ3) is 3.51. The van der Waals surface area contributed by atoms with Gasteiger partial charge in [0.25, 0.3) is 0 Å². The van der Waals surface area contributed by atoms with E-state index in [0.29, 0.717) is 11.4 Å². The van der Waals surface area contributed by atoms with Crippen molar-refractivity contribution in [3.63, 3.8) is 0 Å². The smallest absolute Gasteiger partial charge is 0.175 e. The number of nitrogens with two attached hydrogens (primary N) is 1. The molecule has 5 heteroatoms. The molecule has 20 heavy (non-hydrogen) atoms. The molecule has 2 aromatic rings. The second kappa shape index (κ2) is 5.54. The lowest BCUT2D eigenvalue weighted by Crippen LogP contribution is -2.04. The molecule has 0 aliphatic rings. The van der Waals surface area contributed by atoms with E-state index in [1.807, 2.05) is 31.2 Å². The Morgan fingerprint density at radius 2 is 1.75 bits per heavy atom. The number of ether oxygens (including phenoxy) is 1. The number of nitrogen functional groups attached to an aromatic ring is 1. The Kier molecular flexibility index (Phi) is 3.99. The number of rotatable bonds is 4. The predicted octanol–water partition coefficient (Wildman–Crippen LogP) is 2.81. The van der Waals surface area contributed by atoms with Crippen LogP contribution in [0, 0.1) is 0 Å². The average Bonchev–Trinajstić information content (AvgIpc) is 2.38. The minimum absolute atomic E-state index is 0.164. The van der Waals surface area contributed by atoms with Gasteiger partial charge in [-0.1, -0.05) is 12.1 Å². The average molecular weight is 291 g/mol. The number of benzene rings is 2. The van der Waals surface area contributed by atoms with E-state index in [1.54, 1.807) is 12.1 Å². The molecular weight excluding hydrogens is 274 g/mol. The summed E-state index contributed by atoms with van der Waals surface area (Å²) in [5, 5.41) is 0. The van der Waals surface area contributed by atoms with E-state index < -0.39 is 9.84 Å². The van der Waals surface area contributed by atoms with E-state index in [-0.39, 0.29) is 11.0 Å². The highest BCUT2D eigenvalue weighted by Crippen LogP contribution is 2.24. The molecular formula is C15H17NO3S. The third-order valence-electron chi connectivity index (χ3n) is 2.94. The van der Waals surface area contributed by atoms with Gasteiger partial charge in [0.1, 0.15) is 11.9 Å². The molecule has 0 fully saturated rings. The molecule has 0 aliphatic heterocycles. The molecule has 0 saturated heterocycles. The van der Waals surface area contributed by atoms with E-state index in [2.05, 4.69) is 0 Å². The maximum atomic E-state index is 11.4. The van der Waals surface area contributed by atoms with Gasteiger partial charge >= 0.3 is 0 Å². The Morgan fingerprint density at radius 1 is 1.10 bits per heavy atom. The largest absolute Gasteiger partial charge is 0.486 e.